The van der Waals surface area contributed by atoms with E-state index in [1.807, 2.05) is 6.92 Å². The quantitative estimate of drug-likeness (QED) is 0.730. The molecule has 1 aromatic carbocycles. The van der Waals surface area contributed by atoms with Crippen molar-refractivity contribution in [3.05, 3.63) is 64.2 Å². The van der Waals surface area contributed by atoms with Gasteiger partial charge in [0.2, 0.25) is 0 Å². The van der Waals surface area contributed by atoms with Crippen molar-refractivity contribution in [2.45, 2.75) is 32.6 Å². The zero-order valence-electron chi connectivity index (χ0n) is 14.8. The number of nitrogens with one attached hydrogen (secondary N) is 1. The molecule has 6 nitrogen and oxygen atoms in total. The average molecular weight is 386 g/mol. The van der Waals surface area contributed by atoms with Crippen molar-refractivity contribution >= 4 is 23.2 Å². The third-order valence-electron chi connectivity index (χ3n) is 4.57. The first-order chi connectivity index (χ1) is 13.0. The SMILES string of the molecule is Cc1ncncc1C(=O)Nc1ccc(-n2nc(C)c(Cl)c2C2CC2)c(F)c1. The van der Waals surface area contributed by atoms with Crippen molar-refractivity contribution < 1.29 is 9.18 Å². The van der Waals surface area contributed by atoms with Gasteiger partial charge in [-0.15, -0.1) is 0 Å². The van der Waals surface area contributed by atoms with E-state index in [0.717, 1.165) is 18.5 Å². The molecule has 0 unspecified atom stereocenters. The number of carbonyl (C=O) groups excluding carboxylic acids is 1. The van der Waals surface area contributed by atoms with Gasteiger partial charge in [0.15, 0.2) is 5.82 Å². The van der Waals surface area contributed by atoms with E-state index in [0.29, 0.717) is 39.3 Å². The van der Waals surface area contributed by atoms with Gasteiger partial charge < -0.3 is 5.32 Å². The van der Waals surface area contributed by atoms with Crippen LogP contribution in [0.5, 0.6) is 0 Å². The van der Waals surface area contributed by atoms with Gasteiger partial charge in [0, 0.05) is 17.8 Å². The van der Waals surface area contributed by atoms with Gasteiger partial charge in [-0.25, -0.2) is 19.0 Å². The van der Waals surface area contributed by atoms with E-state index >= 15 is 0 Å². The maximum atomic E-state index is 14.8. The predicted octanol–water partition coefficient (Wildman–Crippen LogP) is 4.20. The van der Waals surface area contributed by atoms with Crippen LogP contribution in [-0.2, 0) is 0 Å². The first kappa shape index (κ1) is 17.6. The lowest BCUT2D eigenvalue weighted by molar-refractivity contribution is 0.102. The van der Waals surface area contributed by atoms with Crippen LogP contribution in [0.3, 0.4) is 0 Å². The number of amides is 1. The van der Waals surface area contributed by atoms with Crippen LogP contribution in [0.4, 0.5) is 10.1 Å². The Balaban J connectivity index is 1.63. The van der Waals surface area contributed by atoms with Gasteiger partial charge in [-0.2, -0.15) is 5.10 Å². The minimum atomic E-state index is -0.491. The summed E-state index contributed by atoms with van der Waals surface area (Å²) in [7, 11) is 0. The molecule has 0 aliphatic heterocycles. The van der Waals surface area contributed by atoms with E-state index in [1.54, 1.807) is 23.7 Å². The van der Waals surface area contributed by atoms with Crippen molar-refractivity contribution in [2.75, 3.05) is 5.32 Å². The van der Waals surface area contributed by atoms with Crippen molar-refractivity contribution in [2.24, 2.45) is 0 Å². The fraction of sp³-hybridized carbons (Fsp3) is 0.263. The Morgan fingerprint density at radius 2 is 2.07 bits per heavy atom. The third kappa shape index (κ3) is 3.30. The third-order valence-corrected chi connectivity index (χ3v) is 5.04. The Bertz CT molecular complexity index is 1040. The van der Waals surface area contributed by atoms with Crippen LogP contribution in [0.2, 0.25) is 5.02 Å². The summed E-state index contributed by atoms with van der Waals surface area (Å²) in [5.74, 6) is -0.565. The summed E-state index contributed by atoms with van der Waals surface area (Å²) in [6.07, 6.45) is 4.85. The number of hydrogen-bond acceptors (Lipinski definition) is 4. The van der Waals surface area contributed by atoms with Crippen molar-refractivity contribution in [3.8, 4) is 5.69 Å². The van der Waals surface area contributed by atoms with Gasteiger partial charge in [0.25, 0.3) is 5.91 Å². The summed E-state index contributed by atoms with van der Waals surface area (Å²) < 4.78 is 16.4. The lowest BCUT2D eigenvalue weighted by Gasteiger charge is -2.11. The largest absolute Gasteiger partial charge is 0.322 e. The lowest BCUT2D eigenvalue weighted by atomic mass is 10.2. The number of carbonyl (C=O) groups is 1. The molecule has 1 aliphatic carbocycles. The van der Waals surface area contributed by atoms with Crippen LogP contribution in [-0.4, -0.2) is 25.7 Å². The Hall–Kier alpha value is -2.80. The molecule has 0 spiro atoms. The zero-order valence-corrected chi connectivity index (χ0v) is 15.6. The van der Waals surface area contributed by atoms with Gasteiger partial charge in [-0.3, -0.25) is 4.79 Å². The van der Waals surface area contributed by atoms with Crippen molar-refractivity contribution in [3.63, 3.8) is 0 Å². The second-order valence-corrected chi connectivity index (χ2v) is 6.99. The summed E-state index contributed by atoms with van der Waals surface area (Å²) in [4.78, 5) is 20.2. The number of halogens is 2. The molecule has 3 aromatic rings. The number of aromatic nitrogens is 4. The minimum absolute atomic E-state index is 0.309. The Kier molecular flexibility index (Phi) is 4.39. The molecule has 1 amide bonds. The maximum Gasteiger partial charge on any atom is 0.259 e. The Labute approximate surface area is 160 Å². The van der Waals surface area contributed by atoms with Crippen LogP contribution in [0, 0.1) is 19.7 Å². The monoisotopic (exact) mass is 385 g/mol. The first-order valence-corrected chi connectivity index (χ1v) is 8.96. The van der Waals surface area contributed by atoms with Crippen molar-refractivity contribution in [1.82, 2.24) is 19.7 Å². The van der Waals surface area contributed by atoms with Gasteiger partial charge in [-0.05, 0) is 44.9 Å². The molecule has 8 heteroatoms. The molecule has 0 radical (unpaired) electrons. The summed E-state index contributed by atoms with van der Waals surface area (Å²) in [5.41, 5.74) is 3.07. The second-order valence-electron chi connectivity index (χ2n) is 6.61. The zero-order chi connectivity index (χ0) is 19.1. The minimum Gasteiger partial charge on any atom is -0.322 e. The molecule has 1 fully saturated rings. The molecule has 1 aliphatic rings. The van der Waals surface area contributed by atoms with E-state index in [4.69, 9.17) is 11.6 Å². The molecular weight excluding hydrogens is 369 g/mol. The average Bonchev–Trinajstić information content (AvgIpc) is 3.42. The number of anilines is 1. The highest BCUT2D eigenvalue weighted by Gasteiger charge is 2.32. The smallest absolute Gasteiger partial charge is 0.259 e. The van der Waals surface area contributed by atoms with E-state index in [1.165, 1.54) is 18.6 Å². The number of aryl methyl sites for hydroxylation is 2. The topological polar surface area (TPSA) is 72.7 Å². The molecular formula is C19H17ClFN5O. The number of hydrogen-bond donors (Lipinski definition) is 1. The van der Waals surface area contributed by atoms with Crippen LogP contribution in [0.15, 0.2) is 30.7 Å². The van der Waals surface area contributed by atoms with E-state index < -0.39 is 11.7 Å². The molecule has 138 valence electrons. The van der Waals surface area contributed by atoms with E-state index in [-0.39, 0.29) is 0 Å². The molecule has 2 heterocycles. The predicted molar refractivity (Wildman–Crippen MR) is 100.0 cm³/mol. The van der Waals surface area contributed by atoms with Gasteiger partial charge in [0.1, 0.15) is 12.0 Å². The standard InChI is InChI=1S/C19H17ClFN5O/c1-10-14(8-22-9-23-10)19(27)24-13-5-6-16(15(21)7-13)26-18(12-3-4-12)17(20)11(2)25-26/h5-9,12H,3-4H2,1-2H3,(H,24,27). The summed E-state index contributed by atoms with van der Waals surface area (Å²) >= 11 is 6.36. The Morgan fingerprint density at radius 3 is 2.74 bits per heavy atom. The number of nitrogens with zero attached hydrogens (tertiary/aromatic N) is 4. The first-order valence-electron chi connectivity index (χ1n) is 8.58. The van der Waals surface area contributed by atoms with E-state index in [9.17, 15) is 9.18 Å². The van der Waals surface area contributed by atoms with Crippen LogP contribution in [0.1, 0.15) is 46.2 Å². The van der Waals surface area contributed by atoms with Crippen LogP contribution >= 0.6 is 11.6 Å². The highest BCUT2D eigenvalue weighted by atomic mass is 35.5. The molecule has 1 N–H and O–H groups in total. The second kappa shape index (κ2) is 6.74. The van der Waals surface area contributed by atoms with Gasteiger partial charge in [0.05, 0.1) is 27.7 Å². The Morgan fingerprint density at radius 1 is 1.30 bits per heavy atom. The molecule has 1 saturated carbocycles. The van der Waals surface area contributed by atoms with Gasteiger partial charge in [-0.1, -0.05) is 11.6 Å². The molecule has 0 atom stereocenters. The summed E-state index contributed by atoms with van der Waals surface area (Å²) in [6, 6.07) is 4.50. The highest BCUT2D eigenvalue weighted by Crippen LogP contribution is 2.45. The number of rotatable bonds is 4. The normalized spacial score (nSPS) is 13.6. The molecule has 2 aromatic heterocycles. The maximum absolute atomic E-state index is 14.8. The van der Waals surface area contributed by atoms with Crippen LogP contribution in [0.25, 0.3) is 5.69 Å². The summed E-state index contributed by atoms with van der Waals surface area (Å²) in [5, 5.41) is 7.65. The highest BCUT2D eigenvalue weighted by molar-refractivity contribution is 6.32. The molecule has 27 heavy (non-hydrogen) atoms. The summed E-state index contributed by atoms with van der Waals surface area (Å²) in [6.45, 7) is 3.52. The molecule has 0 saturated heterocycles. The van der Waals surface area contributed by atoms with E-state index in [2.05, 4.69) is 20.4 Å². The number of benzene rings is 1. The molecule has 0 bridgehead atoms. The van der Waals surface area contributed by atoms with Gasteiger partial charge >= 0.3 is 0 Å². The lowest BCUT2D eigenvalue weighted by Crippen LogP contribution is -2.15. The fourth-order valence-electron chi connectivity index (χ4n) is 2.99. The molecule has 4 rings (SSSR count). The van der Waals surface area contributed by atoms with Crippen molar-refractivity contribution in [1.29, 1.82) is 0 Å². The van der Waals surface area contributed by atoms with Crippen LogP contribution < -0.4 is 5.32 Å². The fourth-order valence-corrected chi connectivity index (χ4v) is 3.26.